The minimum atomic E-state index is 0.314. The van der Waals surface area contributed by atoms with E-state index in [1.54, 1.807) is 6.20 Å². The molecule has 1 heterocycles. The molecule has 1 aromatic rings. The third kappa shape index (κ3) is 1.22. The highest BCUT2D eigenvalue weighted by Gasteiger charge is 2.28. The van der Waals surface area contributed by atoms with Gasteiger partial charge in [-0.05, 0) is 15.9 Å². The molecule has 1 fully saturated rings. The third-order valence-corrected chi connectivity index (χ3v) is 2.28. The van der Waals surface area contributed by atoms with E-state index in [0.29, 0.717) is 24.7 Å². The van der Waals surface area contributed by atoms with Crippen LogP contribution in [0.2, 0.25) is 0 Å². The Morgan fingerprint density at radius 3 is 2.82 bits per heavy atom. The summed E-state index contributed by atoms with van der Waals surface area (Å²) in [4.78, 5) is 10.6. The van der Waals surface area contributed by atoms with Crippen LogP contribution in [0, 0.1) is 0 Å². The smallest absolute Gasteiger partial charge is 0.137 e. The van der Waals surface area contributed by atoms with E-state index in [-0.39, 0.29) is 0 Å². The number of halogens is 1. The van der Waals surface area contributed by atoms with Crippen LogP contribution in [0.5, 0.6) is 0 Å². The van der Waals surface area contributed by atoms with Gasteiger partial charge in [0.25, 0.3) is 0 Å². The quantitative estimate of drug-likeness (QED) is 0.712. The lowest BCUT2D eigenvalue weighted by Crippen LogP contribution is -2.26. The van der Waals surface area contributed by atoms with Gasteiger partial charge in [0, 0.05) is 19.0 Å². The topological polar surface area (TPSA) is 34.9 Å². The van der Waals surface area contributed by atoms with E-state index in [9.17, 15) is 4.79 Å². The first-order valence-electron chi connectivity index (χ1n) is 3.47. The monoisotopic (exact) mass is 214 g/mol. The van der Waals surface area contributed by atoms with Crippen LogP contribution in [0.4, 0.5) is 0 Å². The van der Waals surface area contributed by atoms with Gasteiger partial charge in [-0.25, -0.2) is 0 Å². The average molecular weight is 215 g/mol. The third-order valence-electron chi connectivity index (χ3n) is 1.87. The summed E-state index contributed by atoms with van der Waals surface area (Å²) in [6.07, 6.45) is 4.93. The fourth-order valence-corrected chi connectivity index (χ4v) is 1.47. The summed E-state index contributed by atoms with van der Waals surface area (Å²) >= 11 is 3.30. The van der Waals surface area contributed by atoms with Crippen molar-refractivity contribution in [1.82, 2.24) is 9.78 Å². The highest BCUT2D eigenvalue weighted by Crippen LogP contribution is 2.28. The molecule has 1 aliphatic rings. The standard InChI is InChI=1S/C7H7BrN2O/c8-5-3-9-10(4-5)6-1-7(11)2-6/h3-4,6H,1-2H2. The number of nitrogens with zero attached hydrogens (tertiary/aromatic N) is 2. The average Bonchev–Trinajstić information content (AvgIpc) is 2.29. The summed E-state index contributed by atoms with van der Waals surface area (Å²) in [6, 6.07) is 0.314. The maximum absolute atomic E-state index is 10.6. The Morgan fingerprint density at radius 1 is 1.64 bits per heavy atom. The molecule has 11 heavy (non-hydrogen) atoms. The van der Waals surface area contributed by atoms with E-state index in [4.69, 9.17) is 0 Å². The number of aromatic nitrogens is 2. The van der Waals surface area contributed by atoms with Crippen LogP contribution in [0.25, 0.3) is 0 Å². The van der Waals surface area contributed by atoms with Crippen LogP contribution in [0.1, 0.15) is 18.9 Å². The molecule has 0 radical (unpaired) electrons. The predicted molar refractivity (Wildman–Crippen MR) is 43.2 cm³/mol. The first-order chi connectivity index (χ1) is 5.25. The lowest BCUT2D eigenvalue weighted by atomic mass is 9.92. The molecular formula is C7H7BrN2O. The van der Waals surface area contributed by atoms with E-state index < -0.39 is 0 Å². The summed E-state index contributed by atoms with van der Waals surface area (Å²) in [5.74, 6) is 0.335. The number of carbonyl (C=O) groups is 1. The highest BCUT2D eigenvalue weighted by molar-refractivity contribution is 9.10. The number of Topliss-reactive ketones (excluding diaryl/α,β-unsaturated/α-hetero) is 1. The SMILES string of the molecule is O=C1CC(n2cc(Br)cn2)C1. The second kappa shape index (κ2) is 2.44. The number of hydrogen-bond acceptors (Lipinski definition) is 2. The zero-order valence-corrected chi connectivity index (χ0v) is 7.41. The Kier molecular flexibility index (Phi) is 1.56. The van der Waals surface area contributed by atoms with Gasteiger partial charge < -0.3 is 0 Å². The first-order valence-corrected chi connectivity index (χ1v) is 4.26. The zero-order valence-electron chi connectivity index (χ0n) is 5.83. The first kappa shape index (κ1) is 7.03. The molecule has 1 aromatic heterocycles. The molecule has 0 bridgehead atoms. The van der Waals surface area contributed by atoms with Gasteiger partial charge >= 0.3 is 0 Å². The van der Waals surface area contributed by atoms with Gasteiger partial charge in [-0.1, -0.05) is 0 Å². The molecule has 2 rings (SSSR count). The normalized spacial score (nSPS) is 18.5. The number of hydrogen-bond donors (Lipinski definition) is 0. The van der Waals surface area contributed by atoms with Gasteiger partial charge in [-0.2, -0.15) is 5.10 Å². The molecule has 0 atom stereocenters. The lowest BCUT2D eigenvalue weighted by Gasteiger charge is -2.23. The summed E-state index contributed by atoms with van der Waals surface area (Å²) in [5, 5.41) is 4.09. The highest BCUT2D eigenvalue weighted by atomic mass is 79.9. The fourth-order valence-electron chi connectivity index (χ4n) is 1.17. The van der Waals surface area contributed by atoms with Crippen LogP contribution in [-0.2, 0) is 4.79 Å². The molecule has 0 saturated heterocycles. The summed E-state index contributed by atoms with van der Waals surface area (Å²) in [7, 11) is 0. The predicted octanol–water partition coefficient (Wildman–Crippen LogP) is 1.55. The molecule has 0 unspecified atom stereocenters. The summed E-state index contributed by atoms with van der Waals surface area (Å²) in [6.45, 7) is 0. The second-order valence-electron chi connectivity index (χ2n) is 2.74. The Bertz CT molecular complexity index is 286. The molecule has 1 aliphatic carbocycles. The van der Waals surface area contributed by atoms with Crippen molar-refractivity contribution in [2.45, 2.75) is 18.9 Å². The fraction of sp³-hybridized carbons (Fsp3) is 0.429. The minimum absolute atomic E-state index is 0.314. The molecule has 58 valence electrons. The second-order valence-corrected chi connectivity index (χ2v) is 3.65. The molecule has 0 aromatic carbocycles. The van der Waals surface area contributed by atoms with Crippen molar-refractivity contribution in [3.05, 3.63) is 16.9 Å². The largest absolute Gasteiger partial charge is 0.300 e. The maximum atomic E-state index is 10.6. The molecule has 1 saturated carbocycles. The Morgan fingerprint density at radius 2 is 2.36 bits per heavy atom. The summed E-state index contributed by atoms with van der Waals surface area (Å²) < 4.78 is 2.81. The van der Waals surface area contributed by atoms with Crippen LogP contribution >= 0.6 is 15.9 Å². The molecular weight excluding hydrogens is 208 g/mol. The van der Waals surface area contributed by atoms with Gasteiger partial charge in [0.05, 0.1) is 16.7 Å². The van der Waals surface area contributed by atoms with Crippen LogP contribution in [0.3, 0.4) is 0 Å². The number of carbonyl (C=O) groups excluding carboxylic acids is 1. The van der Waals surface area contributed by atoms with Gasteiger partial charge in [0.1, 0.15) is 5.78 Å². The van der Waals surface area contributed by atoms with Crippen LogP contribution in [-0.4, -0.2) is 15.6 Å². The van der Waals surface area contributed by atoms with Gasteiger partial charge in [-0.15, -0.1) is 0 Å². The van der Waals surface area contributed by atoms with E-state index in [0.717, 1.165) is 4.47 Å². The lowest BCUT2D eigenvalue weighted by molar-refractivity contribution is -0.126. The van der Waals surface area contributed by atoms with Crippen LogP contribution < -0.4 is 0 Å². The zero-order chi connectivity index (χ0) is 7.84. The van der Waals surface area contributed by atoms with Crippen molar-refractivity contribution in [2.24, 2.45) is 0 Å². The van der Waals surface area contributed by atoms with Crippen molar-refractivity contribution >= 4 is 21.7 Å². The van der Waals surface area contributed by atoms with Gasteiger partial charge in [-0.3, -0.25) is 9.48 Å². The Hall–Kier alpha value is -0.640. The molecule has 0 amide bonds. The number of ketones is 1. The van der Waals surface area contributed by atoms with Crippen molar-refractivity contribution in [3.63, 3.8) is 0 Å². The van der Waals surface area contributed by atoms with Crippen molar-refractivity contribution in [2.75, 3.05) is 0 Å². The van der Waals surface area contributed by atoms with Gasteiger partial charge in [0.15, 0.2) is 0 Å². The molecule has 4 heteroatoms. The summed E-state index contributed by atoms with van der Waals surface area (Å²) in [5.41, 5.74) is 0. The maximum Gasteiger partial charge on any atom is 0.137 e. The molecule has 0 spiro atoms. The number of rotatable bonds is 1. The molecule has 0 aliphatic heterocycles. The van der Waals surface area contributed by atoms with E-state index in [2.05, 4.69) is 21.0 Å². The van der Waals surface area contributed by atoms with Crippen molar-refractivity contribution < 1.29 is 4.79 Å². The minimum Gasteiger partial charge on any atom is -0.300 e. The molecule has 3 nitrogen and oxygen atoms in total. The van der Waals surface area contributed by atoms with Crippen LogP contribution in [0.15, 0.2) is 16.9 Å². The Labute approximate surface area is 72.5 Å². The van der Waals surface area contributed by atoms with E-state index in [1.165, 1.54) is 0 Å². The van der Waals surface area contributed by atoms with Gasteiger partial charge in [0.2, 0.25) is 0 Å². The van der Waals surface area contributed by atoms with E-state index in [1.807, 2.05) is 10.9 Å². The Balaban J connectivity index is 2.12. The van der Waals surface area contributed by atoms with Crippen molar-refractivity contribution in [3.8, 4) is 0 Å². The molecule has 0 N–H and O–H groups in total. The van der Waals surface area contributed by atoms with E-state index >= 15 is 0 Å². The van der Waals surface area contributed by atoms with Crippen molar-refractivity contribution in [1.29, 1.82) is 0 Å².